The van der Waals surface area contributed by atoms with E-state index in [0.29, 0.717) is 17.5 Å². The molecule has 25 heavy (non-hydrogen) atoms. The molecule has 0 bridgehead atoms. The molecule has 0 unspecified atom stereocenters. The molecule has 0 atom stereocenters. The molecule has 0 saturated carbocycles. The zero-order valence-electron chi connectivity index (χ0n) is 14.1. The molecule has 0 radical (unpaired) electrons. The highest BCUT2D eigenvalue weighted by Gasteiger charge is 2.15. The van der Waals surface area contributed by atoms with E-state index in [4.69, 9.17) is 4.52 Å². The normalized spacial score (nSPS) is 11.3. The van der Waals surface area contributed by atoms with Crippen LogP contribution in [0.3, 0.4) is 0 Å². The second-order valence-corrected chi connectivity index (χ2v) is 7.87. The third-order valence-corrected chi connectivity index (χ3v) is 6.00. The highest BCUT2D eigenvalue weighted by Crippen LogP contribution is 2.36. The number of hydrogen-bond donors (Lipinski definition) is 0. The van der Waals surface area contributed by atoms with Crippen LogP contribution in [0.15, 0.2) is 39.9 Å². The van der Waals surface area contributed by atoms with E-state index in [1.165, 1.54) is 10.4 Å². The van der Waals surface area contributed by atoms with E-state index < -0.39 is 0 Å². The zero-order chi connectivity index (χ0) is 17.4. The SMILES string of the molecule is Cc1nc(SCc2nc(-c3ccccc3)no2)c2c(C)c(C)sc2n1. The van der Waals surface area contributed by atoms with Crippen molar-refractivity contribution in [2.45, 2.75) is 31.6 Å². The first-order valence-corrected chi connectivity index (χ1v) is 9.67. The van der Waals surface area contributed by atoms with Crippen molar-refractivity contribution in [1.82, 2.24) is 20.1 Å². The molecule has 3 heterocycles. The van der Waals surface area contributed by atoms with Gasteiger partial charge in [-0.15, -0.1) is 11.3 Å². The Morgan fingerprint density at radius 3 is 2.64 bits per heavy atom. The van der Waals surface area contributed by atoms with E-state index in [-0.39, 0.29) is 0 Å². The van der Waals surface area contributed by atoms with Crippen molar-refractivity contribution in [1.29, 1.82) is 0 Å². The van der Waals surface area contributed by atoms with Gasteiger partial charge in [0.05, 0.1) is 5.75 Å². The minimum Gasteiger partial charge on any atom is -0.338 e. The predicted molar refractivity (Wildman–Crippen MR) is 101 cm³/mol. The summed E-state index contributed by atoms with van der Waals surface area (Å²) in [6.07, 6.45) is 0. The number of fused-ring (bicyclic) bond motifs is 1. The first-order chi connectivity index (χ1) is 12.1. The summed E-state index contributed by atoms with van der Waals surface area (Å²) < 4.78 is 5.40. The lowest BCUT2D eigenvalue weighted by Crippen LogP contribution is -1.92. The molecule has 0 N–H and O–H groups in total. The number of aryl methyl sites for hydroxylation is 3. The molecule has 0 fully saturated rings. The summed E-state index contributed by atoms with van der Waals surface area (Å²) in [5.41, 5.74) is 2.20. The van der Waals surface area contributed by atoms with Crippen LogP contribution in [0.2, 0.25) is 0 Å². The number of thioether (sulfide) groups is 1. The molecular formula is C18H16N4OS2. The maximum absolute atomic E-state index is 5.40. The van der Waals surface area contributed by atoms with Crippen LogP contribution in [0.1, 0.15) is 22.2 Å². The van der Waals surface area contributed by atoms with E-state index in [1.807, 2.05) is 37.3 Å². The third-order valence-electron chi connectivity index (χ3n) is 3.94. The monoisotopic (exact) mass is 368 g/mol. The standard InChI is InChI=1S/C18H16N4OS2/c1-10-11(2)25-18-15(10)17(19-12(3)20-18)24-9-14-21-16(22-23-14)13-7-5-4-6-8-13/h4-8H,9H2,1-3H3. The van der Waals surface area contributed by atoms with Gasteiger partial charge in [-0.3, -0.25) is 0 Å². The van der Waals surface area contributed by atoms with Gasteiger partial charge >= 0.3 is 0 Å². The lowest BCUT2D eigenvalue weighted by Gasteiger charge is -2.03. The molecule has 0 aliphatic heterocycles. The molecule has 7 heteroatoms. The predicted octanol–water partition coefficient (Wildman–Crippen LogP) is 4.96. The maximum atomic E-state index is 5.40. The van der Waals surface area contributed by atoms with E-state index in [9.17, 15) is 0 Å². The van der Waals surface area contributed by atoms with Crippen molar-refractivity contribution < 1.29 is 4.52 Å². The van der Waals surface area contributed by atoms with E-state index in [2.05, 4.69) is 34.0 Å². The van der Waals surface area contributed by atoms with Crippen LogP contribution in [-0.4, -0.2) is 20.1 Å². The Hall–Kier alpha value is -2.25. The Labute approximate surface area is 153 Å². The number of rotatable bonds is 4. The van der Waals surface area contributed by atoms with Gasteiger partial charge in [0.1, 0.15) is 15.7 Å². The van der Waals surface area contributed by atoms with Crippen LogP contribution in [0.4, 0.5) is 0 Å². The van der Waals surface area contributed by atoms with Crippen LogP contribution < -0.4 is 0 Å². The molecular weight excluding hydrogens is 352 g/mol. The summed E-state index contributed by atoms with van der Waals surface area (Å²) in [6, 6.07) is 9.83. The van der Waals surface area contributed by atoms with Crippen LogP contribution in [0, 0.1) is 20.8 Å². The summed E-state index contributed by atoms with van der Waals surface area (Å²) in [5, 5.41) is 6.19. The zero-order valence-corrected chi connectivity index (χ0v) is 15.7. The topological polar surface area (TPSA) is 64.7 Å². The van der Waals surface area contributed by atoms with Crippen molar-refractivity contribution in [2.75, 3.05) is 0 Å². The highest BCUT2D eigenvalue weighted by molar-refractivity contribution is 7.98. The number of aromatic nitrogens is 4. The van der Waals surface area contributed by atoms with Crippen molar-refractivity contribution in [2.24, 2.45) is 0 Å². The fraction of sp³-hybridized carbons (Fsp3) is 0.222. The Morgan fingerprint density at radius 1 is 1.04 bits per heavy atom. The first-order valence-electron chi connectivity index (χ1n) is 7.87. The molecule has 4 rings (SSSR count). The second kappa shape index (κ2) is 6.57. The smallest absolute Gasteiger partial charge is 0.237 e. The largest absolute Gasteiger partial charge is 0.338 e. The lowest BCUT2D eigenvalue weighted by molar-refractivity contribution is 0.391. The fourth-order valence-corrected chi connectivity index (χ4v) is 4.67. The Bertz CT molecular complexity index is 1040. The van der Waals surface area contributed by atoms with Gasteiger partial charge in [-0.25, -0.2) is 9.97 Å². The molecule has 5 nitrogen and oxygen atoms in total. The third kappa shape index (κ3) is 3.17. The van der Waals surface area contributed by atoms with Gasteiger partial charge in [0.15, 0.2) is 0 Å². The minimum absolute atomic E-state index is 0.583. The summed E-state index contributed by atoms with van der Waals surface area (Å²) in [4.78, 5) is 16.0. The first kappa shape index (κ1) is 16.2. The summed E-state index contributed by atoms with van der Waals surface area (Å²) >= 11 is 3.33. The van der Waals surface area contributed by atoms with Gasteiger partial charge in [0, 0.05) is 15.8 Å². The Morgan fingerprint density at radius 2 is 1.84 bits per heavy atom. The molecule has 0 aliphatic carbocycles. The number of hydrogen-bond acceptors (Lipinski definition) is 7. The fourth-order valence-electron chi connectivity index (χ4n) is 2.57. The van der Waals surface area contributed by atoms with Crippen LogP contribution in [-0.2, 0) is 5.75 Å². The molecule has 1 aromatic carbocycles. The molecule has 4 aromatic rings. The molecule has 126 valence electrons. The summed E-state index contributed by atoms with van der Waals surface area (Å²) in [7, 11) is 0. The lowest BCUT2D eigenvalue weighted by atomic mass is 10.2. The van der Waals surface area contributed by atoms with Crippen LogP contribution in [0.5, 0.6) is 0 Å². The van der Waals surface area contributed by atoms with E-state index in [1.54, 1.807) is 23.1 Å². The van der Waals surface area contributed by atoms with E-state index >= 15 is 0 Å². The quantitative estimate of drug-likeness (QED) is 0.375. The van der Waals surface area contributed by atoms with Crippen LogP contribution >= 0.6 is 23.1 Å². The van der Waals surface area contributed by atoms with Gasteiger partial charge < -0.3 is 4.52 Å². The molecule has 3 aromatic heterocycles. The average Bonchev–Trinajstić information content (AvgIpc) is 3.19. The molecule has 0 spiro atoms. The Kier molecular flexibility index (Phi) is 4.27. The van der Waals surface area contributed by atoms with Crippen molar-refractivity contribution in [3.63, 3.8) is 0 Å². The minimum atomic E-state index is 0.583. The van der Waals surface area contributed by atoms with E-state index in [0.717, 1.165) is 26.6 Å². The Balaban J connectivity index is 1.60. The average molecular weight is 368 g/mol. The summed E-state index contributed by atoms with van der Waals surface area (Å²) in [6.45, 7) is 6.17. The van der Waals surface area contributed by atoms with Crippen LogP contribution in [0.25, 0.3) is 21.6 Å². The van der Waals surface area contributed by atoms with Gasteiger partial charge in [0.25, 0.3) is 0 Å². The number of thiophene rings is 1. The van der Waals surface area contributed by atoms with Gasteiger partial charge in [-0.05, 0) is 26.3 Å². The van der Waals surface area contributed by atoms with Crippen molar-refractivity contribution in [3.05, 3.63) is 52.5 Å². The molecule has 0 saturated heterocycles. The van der Waals surface area contributed by atoms with Crippen molar-refractivity contribution in [3.8, 4) is 11.4 Å². The molecule has 0 amide bonds. The van der Waals surface area contributed by atoms with Crippen molar-refractivity contribution >= 4 is 33.3 Å². The molecule has 0 aliphatic rings. The number of benzene rings is 1. The summed E-state index contributed by atoms with van der Waals surface area (Å²) in [5.74, 6) is 2.58. The maximum Gasteiger partial charge on any atom is 0.237 e. The van der Waals surface area contributed by atoms with Gasteiger partial charge in [0.2, 0.25) is 11.7 Å². The highest BCUT2D eigenvalue weighted by atomic mass is 32.2. The van der Waals surface area contributed by atoms with Gasteiger partial charge in [-0.2, -0.15) is 4.98 Å². The number of nitrogens with zero attached hydrogens (tertiary/aromatic N) is 4. The van der Waals surface area contributed by atoms with Gasteiger partial charge in [-0.1, -0.05) is 47.3 Å². The second-order valence-electron chi connectivity index (χ2n) is 5.71.